The molecule has 1 aliphatic rings. The first-order chi connectivity index (χ1) is 15.6. The standard InChI is InChI=1S/C24H27N7O/c1-29-11-13-30(14-12-29)18-15-19(32-2)23(26)21(22(18)25)24-27-9-7-20(28-24)31-10-8-16-5-3-4-6-17(16)31/h3-10,15H,11-14,25-26H2,1-2H3. The third-order valence-corrected chi connectivity index (χ3v) is 6.12. The summed E-state index contributed by atoms with van der Waals surface area (Å²) in [6.45, 7) is 3.69. The van der Waals surface area contributed by atoms with Crippen LogP contribution in [0.3, 0.4) is 0 Å². The number of ether oxygens (including phenoxy) is 1. The predicted octanol–water partition coefficient (Wildman–Crippen LogP) is 3.01. The lowest BCUT2D eigenvalue weighted by Gasteiger charge is -2.35. The number of hydrogen-bond acceptors (Lipinski definition) is 7. The van der Waals surface area contributed by atoms with Crippen LogP contribution < -0.4 is 21.1 Å². The monoisotopic (exact) mass is 429 g/mol. The summed E-state index contributed by atoms with van der Waals surface area (Å²) in [6.07, 6.45) is 3.74. The number of rotatable bonds is 4. The van der Waals surface area contributed by atoms with Gasteiger partial charge in [-0.25, -0.2) is 9.97 Å². The van der Waals surface area contributed by atoms with Crippen molar-refractivity contribution in [1.82, 2.24) is 19.4 Å². The van der Waals surface area contributed by atoms with Crippen molar-refractivity contribution in [3.8, 4) is 23.0 Å². The Labute approximate surface area is 187 Å². The largest absolute Gasteiger partial charge is 0.494 e. The lowest BCUT2D eigenvalue weighted by Crippen LogP contribution is -2.44. The van der Waals surface area contributed by atoms with Crippen LogP contribution in [0.25, 0.3) is 28.1 Å². The number of nitrogens with two attached hydrogens (primary N) is 2. The normalized spacial score (nSPS) is 14.8. The first kappa shape index (κ1) is 20.1. The maximum atomic E-state index is 6.69. The molecule has 4 N–H and O–H groups in total. The molecule has 8 heteroatoms. The smallest absolute Gasteiger partial charge is 0.165 e. The molecule has 0 amide bonds. The fourth-order valence-corrected chi connectivity index (χ4v) is 4.28. The van der Waals surface area contributed by atoms with Gasteiger partial charge < -0.3 is 30.6 Å². The van der Waals surface area contributed by atoms with Crippen LogP contribution in [0, 0.1) is 0 Å². The van der Waals surface area contributed by atoms with Crippen molar-refractivity contribution in [3.63, 3.8) is 0 Å². The van der Waals surface area contributed by atoms with Gasteiger partial charge in [0.25, 0.3) is 0 Å². The van der Waals surface area contributed by atoms with E-state index in [0.29, 0.717) is 28.5 Å². The Morgan fingerprint density at radius 2 is 1.75 bits per heavy atom. The summed E-state index contributed by atoms with van der Waals surface area (Å²) in [5, 5.41) is 1.14. The minimum Gasteiger partial charge on any atom is -0.494 e. The maximum Gasteiger partial charge on any atom is 0.165 e. The highest BCUT2D eigenvalue weighted by Gasteiger charge is 2.24. The Bertz CT molecular complexity index is 1270. The molecule has 5 rings (SSSR count). The molecular weight excluding hydrogens is 402 g/mol. The highest BCUT2D eigenvalue weighted by molar-refractivity contribution is 5.94. The summed E-state index contributed by atoms with van der Waals surface area (Å²) in [4.78, 5) is 13.9. The van der Waals surface area contributed by atoms with Gasteiger partial charge in [-0.3, -0.25) is 0 Å². The number of benzene rings is 2. The molecule has 2 aromatic carbocycles. The summed E-state index contributed by atoms with van der Waals surface area (Å²) < 4.78 is 7.63. The van der Waals surface area contributed by atoms with Gasteiger partial charge in [0.1, 0.15) is 11.6 Å². The molecule has 1 saturated heterocycles. The molecule has 32 heavy (non-hydrogen) atoms. The van der Waals surface area contributed by atoms with E-state index in [4.69, 9.17) is 21.2 Å². The van der Waals surface area contributed by atoms with Crippen molar-refractivity contribution in [2.45, 2.75) is 0 Å². The van der Waals surface area contributed by atoms with Gasteiger partial charge in [-0.2, -0.15) is 0 Å². The minimum absolute atomic E-state index is 0.442. The van der Waals surface area contributed by atoms with Crippen molar-refractivity contribution in [2.75, 3.05) is 56.7 Å². The van der Waals surface area contributed by atoms with Crippen molar-refractivity contribution >= 4 is 28.0 Å². The number of nitrogens with zero attached hydrogens (tertiary/aromatic N) is 5. The first-order valence-electron chi connectivity index (χ1n) is 10.7. The third kappa shape index (κ3) is 3.38. The second-order valence-corrected chi connectivity index (χ2v) is 8.07. The van der Waals surface area contributed by atoms with Crippen LogP contribution in [0.5, 0.6) is 5.75 Å². The van der Waals surface area contributed by atoms with Gasteiger partial charge in [-0.15, -0.1) is 0 Å². The molecule has 4 aromatic rings. The molecule has 0 unspecified atom stereocenters. The van der Waals surface area contributed by atoms with Gasteiger partial charge in [-0.1, -0.05) is 18.2 Å². The molecule has 0 aliphatic carbocycles. The number of likely N-dealkylation sites (N-methyl/N-ethyl adjacent to an activating group) is 1. The highest BCUT2D eigenvalue weighted by Crippen LogP contribution is 2.43. The number of fused-ring (bicyclic) bond motifs is 1. The fraction of sp³-hybridized carbons (Fsp3) is 0.250. The average molecular weight is 430 g/mol. The van der Waals surface area contributed by atoms with Crippen LogP contribution in [0.2, 0.25) is 0 Å². The zero-order valence-electron chi connectivity index (χ0n) is 18.3. The average Bonchev–Trinajstić information content (AvgIpc) is 3.25. The van der Waals surface area contributed by atoms with Crippen molar-refractivity contribution in [3.05, 3.63) is 54.9 Å². The second kappa shape index (κ2) is 8.05. The fourth-order valence-electron chi connectivity index (χ4n) is 4.28. The summed E-state index contributed by atoms with van der Waals surface area (Å²) in [6, 6.07) is 14.0. The Kier molecular flexibility index (Phi) is 5.07. The summed E-state index contributed by atoms with van der Waals surface area (Å²) in [7, 11) is 3.74. The molecule has 2 aromatic heterocycles. The maximum absolute atomic E-state index is 6.69. The highest BCUT2D eigenvalue weighted by atomic mass is 16.5. The number of methoxy groups -OCH3 is 1. The van der Waals surface area contributed by atoms with E-state index >= 15 is 0 Å². The van der Waals surface area contributed by atoms with Gasteiger partial charge in [0.15, 0.2) is 5.82 Å². The number of piperazine rings is 1. The zero-order chi connectivity index (χ0) is 22.2. The Morgan fingerprint density at radius 1 is 0.969 bits per heavy atom. The molecule has 3 heterocycles. The van der Waals surface area contributed by atoms with Gasteiger partial charge >= 0.3 is 0 Å². The summed E-state index contributed by atoms with van der Waals surface area (Å²) >= 11 is 0. The molecule has 0 spiro atoms. The van der Waals surface area contributed by atoms with Crippen LogP contribution in [-0.2, 0) is 0 Å². The minimum atomic E-state index is 0.442. The molecule has 1 fully saturated rings. The van der Waals surface area contributed by atoms with Crippen LogP contribution in [-0.4, -0.2) is 59.8 Å². The van der Waals surface area contributed by atoms with E-state index < -0.39 is 0 Å². The quantitative estimate of drug-likeness (QED) is 0.481. The third-order valence-electron chi connectivity index (χ3n) is 6.12. The van der Waals surface area contributed by atoms with Crippen LogP contribution in [0.1, 0.15) is 0 Å². The number of anilines is 3. The Morgan fingerprint density at radius 3 is 2.53 bits per heavy atom. The molecular formula is C24H27N7O. The van der Waals surface area contributed by atoms with E-state index in [1.54, 1.807) is 13.3 Å². The first-order valence-corrected chi connectivity index (χ1v) is 10.7. The number of aromatic nitrogens is 3. The number of nitrogen functional groups attached to an aromatic ring is 2. The molecule has 0 bridgehead atoms. The molecule has 1 aliphatic heterocycles. The number of hydrogen-bond donors (Lipinski definition) is 2. The van der Waals surface area contributed by atoms with Crippen molar-refractivity contribution in [2.24, 2.45) is 0 Å². The molecule has 0 radical (unpaired) electrons. The van der Waals surface area contributed by atoms with E-state index in [1.165, 1.54) is 0 Å². The SMILES string of the molecule is COc1cc(N2CCN(C)CC2)c(N)c(-c2nccc(-n3ccc4ccccc43)n2)c1N. The van der Waals surface area contributed by atoms with Gasteiger partial charge in [0.05, 0.1) is 35.3 Å². The molecule has 164 valence electrons. The van der Waals surface area contributed by atoms with Gasteiger partial charge in [0, 0.05) is 44.6 Å². The molecule has 0 atom stereocenters. The second-order valence-electron chi connectivity index (χ2n) is 8.07. The van der Waals surface area contributed by atoms with Crippen LogP contribution in [0.4, 0.5) is 17.1 Å². The van der Waals surface area contributed by atoms with Crippen molar-refractivity contribution in [1.29, 1.82) is 0 Å². The number of para-hydroxylation sites is 1. The van der Waals surface area contributed by atoms with E-state index in [2.05, 4.69) is 40.0 Å². The van der Waals surface area contributed by atoms with Gasteiger partial charge in [-0.05, 0) is 30.6 Å². The van der Waals surface area contributed by atoms with E-state index in [9.17, 15) is 0 Å². The van der Waals surface area contributed by atoms with E-state index in [0.717, 1.165) is 48.6 Å². The van der Waals surface area contributed by atoms with E-state index in [1.807, 2.05) is 35.0 Å². The van der Waals surface area contributed by atoms with Gasteiger partial charge in [0.2, 0.25) is 0 Å². The van der Waals surface area contributed by atoms with Crippen molar-refractivity contribution < 1.29 is 4.74 Å². The molecule has 8 nitrogen and oxygen atoms in total. The van der Waals surface area contributed by atoms with Crippen LogP contribution in [0.15, 0.2) is 54.9 Å². The summed E-state index contributed by atoms with van der Waals surface area (Å²) in [5.74, 6) is 1.80. The predicted molar refractivity (Wildman–Crippen MR) is 129 cm³/mol. The lowest BCUT2D eigenvalue weighted by molar-refractivity contribution is 0.313. The Balaban J connectivity index is 1.63. The van der Waals surface area contributed by atoms with E-state index in [-0.39, 0.29) is 0 Å². The van der Waals surface area contributed by atoms with Crippen LogP contribution >= 0.6 is 0 Å². The zero-order valence-corrected chi connectivity index (χ0v) is 18.3. The molecule has 0 saturated carbocycles. The topological polar surface area (TPSA) is 98.5 Å². The summed E-state index contributed by atoms with van der Waals surface area (Å²) in [5.41, 5.74) is 16.8. The Hall–Kier alpha value is -3.78. The lowest BCUT2D eigenvalue weighted by atomic mass is 10.1.